The van der Waals surface area contributed by atoms with E-state index in [0.29, 0.717) is 11.2 Å². The maximum atomic E-state index is 10.5. The molecule has 0 radical (unpaired) electrons. The number of aliphatic hydroxyl groups is 1. The maximum absolute atomic E-state index is 10.5. The van der Waals surface area contributed by atoms with E-state index in [1.165, 1.54) is 11.1 Å². The molecule has 2 unspecified atom stereocenters. The molecule has 1 aromatic carbocycles. The summed E-state index contributed by atoms with van der Waals surface area (Å²) in [5.41, 5.74) is 10.1. The third-order valence-corrected chi connectivity index (χ3v) is 4.20. The van der Waals surface area contributed by atoms with Gasteiger partial charge in [-0.3, -0.25) is 0 Å². The third kappa shape index (κ3) is 2.91. The molecule has 0 aliphatic carbocycles. The Bertz CT molecular complexity index is 565. The van der Waals surface area contributed by atoms with Crippen LogP contribution in [0.5, 0.6) is 0 Å². The van der Waals surface area contributed by atoms with E-state index in [1.807, 2.05) is 6.07 Å². The van der Waals surface area contributed by atoms with Crippen molar-refractivity contribution in [1.82, 2.24) is 0 Å². The fourth-order valence-corrected chi connectivity index (χ4v) is 2.65. The summed E-state index contributed by atoms with van der Waals surface area (Å²) in [5.74, 6) is -0.145. The molecule has 0 amide bonds. The van der Waals surface area contributed by atoms with E-state index in [1.54, 1.807) is 12.3 Å². The molecule has 0 spiro atoms. The number of hydrogen-bond acceptors (Lipinski definition) is 3. The van der Waals surface area contributed by atoms with Gasteiger partial charge in [0.05, 0.1) is 12.4 Å². The van der Waals surface area contributed by atoms with E-state index in [-0.39, 0.29) is 5.92 Å². The molecule has 3 N–H and O–H groups in total. The molecule has 1 heterocycles. The topological polar surface area (TPSA) is 59.4 Å². The largest absolute Gasteiger partial charge is 0.457 e. The minimum Gasteiger partial charge on any atom is -0.457 e. The quantitative estimate of drug-likeness (QED) is 0.906. The molecule has 2 atom stereocenters. The lowest BCUT2D eigenvalue weighted by molar-refractivity contribution is 0.145. The van der Waals surface area contributed by atoms with Crippen LogP contribution in [0.1, 0.15) is 34.3 Å². The first-order valence-electron chi connectivity index (χ1n) is 6.22. The highest BCUT2D eigenvalue weighted by Crippen LogP contribution is 2.35. The molecule has 0 bridgehead atoms. The Morgan fingerprint density at radius 3 is 2.53 bits per heavy atom. The van der Waals surface area contributed by atoms with Gasteiger partial charge in [0, 0.05) is 18.0 Å². The van der Waals surface area contributed by atoms with Gasteiger partial charge in [-0.15, -0.1) is 0 Å². The highest BCUT2D eigenvalue weighted by atomic mass is 79.9. The molecule has 0 aliphatic rings. The summed E-state index contributed by atoms with van der Waals surface area (Å²) in [7, 11) is 0. The molecular weight excluding hydrogens is 306 g/mol. The molecule has 0 saturated heterocycles. The number of halogens is 1. The van der Waals surface area contributed by atoms with Gasteiger partial charge in [0.1, 0.15) is 0 Å². The zero-order valence-electron chi connectivity index (χ0n) is 11.1. The van der Waals surface area contributed by atoms with E-state index >= 15 is 0 Å². The molecule has 1 aromatic heterocycles. The normalized spacial score (nSPS) is 14.4. The lowest BCUT2D eigenvalue weighted by Gasteiger charge is -2.22. The summed E-state index contributed by atoms with van der Waals surface area (Å²) in [5, 5.41) is 10.5. The zero-order valence-corrected chi connectivity index (χ0v) is 12.6. The van der Waals surface area contributed by atoms with Crippen molar-refractivity contribution < 1.29 is 9.52 Å². The molecule has 3 nitrogen and oxygen atoms in total. The number of hydrogen-bond donors (Lipinski definition) is 2. The smallest absolute Gasteiger partial charge is 0.174 e. The van der Waals surface area contributed by atoms with Crippen LogP contribution in [0.3, 0.4) is 0 Å². The SMILES string of the molecule is Cc1ccc(C(CN)C(O)c2ccoc2Br)cc1C. The van der Waals surface area contributed by atoms with Crippen molar-refractivity contribution in [2.45, 2.75) is 25.9 Å². The third-order valence-electron chi connectivity index (χ3n) is 3.56. The van der Waals surface area contributed by atoms with Gasteiger partial charge in [0.15, 0.2) is 4.67 Å². The summed E-state index contributed by atoms with van der Waals surface area (Å²) >= 11 is 3.30. The van der Waals surface area contributed by atoms with Crippen LogP contribution in [0, 0.1) is 13.8 Å². The molecule has 0 fully saturated rings. The van der Waals surface area contributed by atoms with Crippen LogP contribution < -0.4 is 5.73 Å². The number of aryl methyl sites for hydroxylation is 2. The number of benzene rings is 1. The van der Waals surface area contributed by atoms with Crippen molar-refractivity contribution in [2.75, 3.05) is 6.54 Å². The summed E-state index contributed by atoms with van der Waals surface area (Å²) in [6, 6.07) is 7.93. The first-order valence-corrected chi connectivity index (χ1v) is 7.02. The molecule has 0 saturated carbocycles. The average Bonchev–Trinajstić information content (AvgIpc) is 2.80. The predicted molar refractivity (Wildman–Crippen MR) is 79.1 cm³/mol. The molecule has 2 aromatic rings. The van der Waals surface area contributed by atoms with Crippen molar-refractivity contribution >= 4 is 15.9 Å². The predicted octanol–water partition coefficient (Wildman–Crippen LogP) is 3.43. The van der Waals surface area contributed by atoms with Gasteiger partial charge in [0.25, 0.3) is 0 Å². The van der Waals surface area contributed by atoms with E-state index in [2.05, 4.69) is 41.9 Å². The summed E-state index contributed by atoms with van der Waals surface area (Å²) < 4.78 is 5.73. The molecule has 102 valence electrons. The molecule has 0 aliphatic heterocycles. The van der Waals surface area contributed by atoms with Gasteiger partial charge < -0.3 is 15.3 Å². The van der Waals surface area contributed by atoms with E-state index in [9.17, 15) is 5.11 Å². The van der Waals surface area contributed by atoms with Crippen LogP contribution in [0.2, 0.25) is 0 Å². The second-order valence-corrected chi connectivity index (χ2v) is 5.50. The monoisotopic (exact) mass is 323 g/mol. The molecular formula is C15H18BrNO2. The first kappa shape index (κ1) is 14.3. The van der Waals surface area contributed by atoms with Gasteiger partial charge in [-0.2, -0.15) is 0 Å². The standard InChI is InChI=1S/C15H18BrNO2/c1-9-3-4-11(7-10(9)2)13(8-17)14(18)12-5-6-19-15(12)16/h3-7,13-14,18H,8,17H2,1-2H3. The summed E-state index contributed by atoms with van der Waals surface area (Å²) in [4.78, 5) is 0. The van der Waals surface area contributed by atoms with Crippen molar-refractivity contribution in [2.24, 2.45) is 5.73 Å². The number of rotatable bonds is 4. The Labute approximate surface area is 121 Å². The molecule has 2 rings (SSSR count). The fourth-order valence-electron chi connectivity index (χ4n) is 2.17. The fraction of sp³-hybridized carbons (Fsp3) is 0.333. The van der Waals surface area contributed by atoms with E-state index < -0.39 is 6.10 Å². The van der Waals surface area contributed by atoms with Gasteiger partial charge in [-0.05, 0) is 52.5 Å². The van der Waals surface area contributed by atoms with Crippen LogP contribution >= 0.6 is 15.9 Å². The number of aliphatic hydroxyl groups excluding tert-OH is 1. The Kier molecular flexibility index (Phi) is 4.45. The maximum Gasteiger partial charge on any atom is 0.174 e. The first-order chi connectivity index (χ1) is 9.04. The van der Waals surface area contributed by atoms with E-state index in [4.69, 9.17) is 10.2 Å². The number of nitrogens with two attached hydrogens (primary N) is 1. The Hall–Kier alpha value is -1.10. The molecule has 19 heavy (non-hydrogen) atoms. The minimum atomic E-state index is -0.680. The minimum absolute atomic E-state index is 0.145. The van der Waals surface area contributed by atoms with Crippen molar-refractivity contribution in [3.63, 3.8) is 0 Å². The highest BCUT2D eigenvalue weighted by molar-refractivity contribution is 9.10. The van der Waals surface area contributed by atoms with Crippen molar-refractivity contribution in [3.05, 3.63) is 57.5 Å². The average molecular weight is 324 g/mol. The molecule has 4 heteroatoms. The van der Waals surface area contributed by atoms with Gasteiger partial charge >= 0.3 is 0 Å². The van der Waals surface area contributed by atoms with Crippen LogP contribution in [0.25, 0.3) is 0 Å². The Morgan fingerprint density at radius 2 is 2.00 bits per heavy atom. The number of furan rings is 1. The van der Waals surface area contributed by atoms with Crippen LogP contribution in [0.15, 0.2) is 39.6 Å². The van der Waals surface area contributed by atoms with Gasteiger partial charge in [-0.1, -0.05) is 18.2 Å². The van der Waals surface area contributed by atoms with E-state index in [0.717, 1.165) is 11.1 Å². The second-order valence-electron chi connectivity index (χ2n) is 4.78. The van der Waals surface area contributed by atoms with Crippen LogP contribution in [-0.4, -0.2) is 11.7 Å². The van der Waals surface area contributed by atoms with Gasteiger partial charge in [0.2, 0.25) is 0 Å². The lowest BCUT2D eigenvalue weighted by Crippen LogP contribution is -2.20. The second kappa shape index (κ2) is 5.90. The van der Waals surface area contributed by atoms with Crippen LogP contribution in [-0.2, 0) is 0 Å². The lowest BCUT2D eigenvalue weighted by atomic mass is 9.88. The Balaban J connectivity index is 2.34. The highest BCUT2D eigenvalue weighted by Gasteiger charge is 2.24. The van der Waals surface area contributed by atoms with Crippen LogP contribution in [0.4, 0.5) is 0 Å². The summed E-state index contributed by atoms with van der Waals surface area (Å²) in [6.07, 6.45) is 0.872. The van der Waals surface area contributed by atoms with Crippen molar-refractivity contribution in [1.29, 1.82) is 0 Å². The Morgan fingerprint density at radius 1 is 1.26 bits per heavy atom. The summed E-state index contributed by atoms with van der Waals surface area (Å²) in [6.45, 7) is 4.51. The van der Waals surface area contributed by atoms with Gasteiger partial charge in [-0.25, -0.2) is 0 Å². The zero-order chi connectivity index (χ0) is 14.0. The van der Waals surface area contributed by atoms with Crippen molar-refractivity contribution in [3.8, 4) is 0 Å².